The average Bonchev–Trinajstić information content (AvgIpc) is 3.04. The van der Waals surface area contributed by atoms with Crippen LogP contribution in [0, 0.1) is 0 Å². The van der Waals surface area contributed by atoms with Gasteiger partial charge in [0.15, 0.2) is 5.13 Å². The zero-order valence-electron chi connectivity index (χ0n) is 13.5. The maximum Gasteiger partial charge on any atom is 0.257 e. The van der Waals surface area contributed by atoms with E-state index < -0.39 is 0 Å². The molecule has 1 aliphatic heterocycles. The van der Waals surface area contributed by atoms with Gasteiger partial charge in [0.2, 0.25) is 5.91 Å². The summed E-state index contributed by atoms with van der Waals surface area (Å²) < 4.78 is 0. The molecule has 0 spiro atoms. The van der Waals surface area contributed by atoms with Crippen LogP contribution >= 0.6 is 11.3 Å². The molecule has 6 nitrogen and oxygen atoms in total. The molecule has 0 radical (unpaired) electrons. The van der Waals surface area contributed by atoms with Crippen molar-refractivity contribution in [2.24, 2.45) is 0 Å². The van der Waals surface area contributed by atoms with Crippen LogP contribution in [0.15, 0.2) is 30.5 Å². The second-order valence-electron chi connectivity index (χ2n) is 5.80. The lowest BCUT2D eigenvalue weighted by molar-refractivity contribution is -0.114. The zero-order chi connectivity index (χ0) is 16.9. The monoisotopic (exact) mass is 344 g/mol. The van der Waals surface area contributed by atoms with Crippen molar-refractivity contribution in [1.29, 1.82) is 0 Å². The van der Waals surface area contributed by atoms with Crippen LogP contribution in [0.1, 0.15) is 40.9 Å². The van der Waals surface area contributed by atoms with Crippen LogP contribution in [0.5, 0.6) is 0 Å². The number of nitrogens with zero attached hydrogens (tertiary/aromatic N) is 1. The summed E-state index contributed by atoms with van der Waals surface area (Å²) in [7, 11) is 0. The maximum absolute atomic E-state index is 12.3. The van der Waals surface area contributed by atoms with E-state index >= 15 is 0 Å². The molecule has 7 heteroatoms. The summed E-state index contributed by atoms with van der Waals surface area (Å²) in [5, 5.41) is 9.49. The van der Waals surface area contributed by atoms with Gasteiger partial charge in [0.25, 0.3) is 5.91 Å². The third kappa shape index (κ3) is 4.18. The molecule has 3 rings (SSSR count). The van der Waals surface area contributed by atoms with Crippen molar-refractivity contribution in [3.8, 4) is 0 Å². The van der Waals surface area contributed by atoms with E-state index in [1.54, 1.807) is 35.6 Å². The minimum atomic E-state index is -0.199. The molecule has 0 bridgehead atoms. The van der Waals surface area contributed by atoms with Crippen molar-refractivity contribution in [1.82, 2.24) is 10.3 Å². The Morgan fingerprint density at radius 3 is 2.54 bits per heavy atom. The highest BCUT2D eigenvalue weighted by molar-refractivity contribution is 7.15. The standard InChI is InChI=1S/C17H20N4O2S/c1-11(22)20-14-4-2-13(3-5-14)16(23)21-17-19-10-15(24-17)12-6-8-18-9-7-12/h2-5,10,12,18H,6-9H2,1H3,(H,20,22)(H,19,21,23). The normalized spacial score (nSPS) is 15.0. The van der Waals surface area contributed by atoms with Gasteiger partial charge in [-0.05, 0) is 56.1 Å². The summed E-state index contributed by atoms with van der Waals surface area (Å²) in [5.74, 6) is 0.197. The maximum atomic E-state index is 12.3. The van der Waals surface area contributed by atoms with Gasteiger partial charge in [-0.2, -0.15) is 0 Å². The van der Waals surface area contributed by atoms with Gasteiger partial charge in [0, 0.05) is 29.2 Å². The number of piperidine rings is 1. The molecular formula is C17H20N4O2S. The van der Waals surface area contributed by atoms with E-state index in [1.165, 1.54) is 11.8 Å². The number of rotatable bonds is 4. The Labute approximate surface area is 144 Å². The molecule has 1 aromatic carbocycles. The summed E-state index contributed by atoms with van der Waals surface area (Å²) in [6.07, 6.45) is 4.09. The van der Waals surface area contributed by atoms with Crippen LogP contribution < -0.4 is 16.0 Å². The van der Waals surface area contributed by atoms with E-state index in [0.717, 1.165) is 25.9 Å². The average molecular weight is 344 g/mol. The Hall–Kier alpha value is -2.25. The van der Waals surface area contributed by atoms with Crippen LogP contribution in [0.3, 0.4) is 0 Å². The van der Waals surface area contributed by atoms with E-state index in [0.29, 0.717) is 22.3 Å². The number of carbonyl (C=O) groups excluding carboxylic acids is 2. The third-order valence-electron chi connectivity index (χ3n) is 3.95. The van der Waals surface area contributed by atoms with Crippen LogP contribution in [0.25, 0.3) is 0 Å². The first-order chi connectivity index (χ1) is 11.6. The predicted octanol–water partition coefficient (Wildman–Crippen LogP) is 2.82. The fourth-order valence-corrected chi connectivity index (χ4v) is 3.70. The van der Waals surface area contributed by atoms with Gasteiger partial charge in [-0.15, -0.1) is 11.3 Å². The number of anilines is 2. The highest BCUT2D eigenvalue weighted by Crippen LogP contribution is 2.31. The lowest BCUT2D eigenvalue weighted by atomic mass is 9.97. The Morgan fingerprint density at radius 2 is 1.88 bits per heavy atom. The zero-order valence-corrected chi connectivity index (χ0v) is 14.3. The molecule has 24 heavy (non-hydrogen) atoms. The van der Waals surface area contributed by atoms with Crippen LogP contribution in [-0.4, -0.2) is 29.9 Å². The third-order valence-corrected chi connectivity index (χ3v) is 5.03. The molecule has 0 atom stereocenters. The van der Waals surface area contributed by atoms with Crippen LogP contribution in [0.2, 0.25) is 0 Å². The van der Waals surface area contributed by atoms with Crippen molar-refractivity contribution in [2.45, 2.75) is 25.7 Å². The molecule has 2 amide bonds. The Balaban J connectivity index is 1.62. The summed E-state index contributed by atoms with van der Waals surface area (Å²) in [6.45, 7) is 3.51. The molecule has 3 N–H and O–H groups in total. The molecule has 1 aliphatic rings. The Bertz CT molecular complexity index is 720. The molecule has 1 fully saturated rings. The fourth-order valence-electron chi connectivity index (χ4n) is 2.72. The van der Waals surface area contributed by atoms with Crippen molar-refractivity contribution in [2.75, 3.05) is 23.7 Å². The Kier molecular flexibility index (Phi) is 5.22. The number of benzene rings is 1. The quantitative estimate of drug-likeness (QED) is 0.796. The summed E-state index contributed by atoms with van der Waals surface area (Å²) in [5.41, 5.74) is 1.20. The molecule has 2 heterocycles. The van der Waals surface area contributed by atoms with E-state index in [2.05, 4.69) is 20.9 Å². The number of amides is 2. The highest BCUT2D eigenvalue weighted by atomic mass is 32.1. The number of carbonyl (C=O) groups is 2. The number of hydrogen-bond donors (Lipinski definition) is 3. The minimum absolute atomic E-state index is 0.138. The molecule has 126 valence electrons. The van der Waals surface area contributed by atoms with Crippen LogP contribution in [0.4, 0.5) is 10.8 Å². The SMILES string of the molecule is CC(=O)Nc1ccc(C(=O)Nc2ncc(C3CCNCC3)s2)cc1. The van der Waals surface area contributed by atoms with Crippen LogP contribution in [-0.2, 0) is 4.79 Å². The van der Waals surface area contributed by atoms with Gasteiger partial charge in [-0.25, -0.2) is 4.98 Å². The molecule has 2 aromatic rings. The lowest BCUT2D eigenvalue weighted by Gasteiger charge is -2.20. The number of nitrogens with one attached hydrogen (secondary N) is 3. The smallest absolute Gasteiger partial charge is 0.257 e. The molecule has 1 aromatic heterocycles. The molecule has 1 saturated heterocycles. The van der Waals surface area contributed by atoms with E-state index in [4.69, 9.17) is 0 Å². The first kappa shape index (κ1) is 16.6. The summed E-state index contributed by atoms with van der Waals surface area (Å²) >= 11 is 1.55. The number of thiazole rings is 1. The lowest BCUT2D eigenvalue weighted by Crippen LogP contribution is -2.26. The van der Waals surface area contributed by atoms with Gasteiger partial charge >= 0.3 is 0 Å². The predicted molar refractivity (Wildman–Crippen MR) is 95.7 cm³/mol. The Morgan fingerprint density at radius 1 is 1.17 bits per heavy atom. The van der Waals surface area contributed by atoms with Gasteiger partial charge in [0.05, 0.1) is 0 Å². The van der Waals surface area contributed by atoms with Crippen molar-refractivity contribution in [3.63, 3.8) is 0 Å². The number of aromatic nitrogens is 1. The highest BCUT2D eigenvalue weighted by Gasteiger charge is 2.18. The van der Waals surface area contributed by atoms with Gasteiger partial charge in [-0.1, -0.05) is 0 Å². The summed E-state index contributed by atoms with van der Waals surface area (Å²) in [6, 6.07) is 6.78. The van der Waals surface area contributed by atoms with E-state index in [9.17, 15) is 9.59 Å². The first-order valence-electron chi connectivity index (χ1n) is 7.97. The molecule has 0 unspecified atom stereocenters. The molecular weight excluding hydrogens is 324 g/mol. The topological polar surface area (TPSA) is 83.1 Å². The van der Waals surface area contributed by atoms with Gasteiger partial charge < -0.3 is 10.6 Å². The van der Waals surface area contributed by atoms with Gasteiger partial charge in [-0.3, -0.25) is 14.9 Å². The van der Waals surface area contributed by atoms with E-state index in [-0.39, 0.29) is 11.8 Å². The first-order valence-corrected chi connectivity index (χ1v) is 8.79. The van der Waals surface area contributed by atoms with Crippen molar-refractivity contribution < 1.29 is 9.59 Å². The van der Waals surface area contributed by atoms with Crippen molar-refractivity contribution in [3.05, 3.63) is 40.9 Å². The van der Waals surface area contributed by atoms with Crippen molar-refractivity contribution >= 4 is 34.0 Å². The minimum Gasteiger partial charge on any atom is -0.326 e. The fraction of sp³-hybridized carbons (Fsp3) is 0.353. The number of hydrogen-bond acceptors (Lipinski definition) is 5. The van der Waals surface area contributed by atoms with E-state index in [1.807, 2.05) is 6.20 Å². The summed E-state index contributed by atoms with van der Waals surface area (Å²) in [4.78, 5) is 28.8. The largest absolute Gasteiger partial charge is 0.326 e. The molecule has 0 saturated carbocycles. The molecule has 0 aliphatic carbocycles. The second-order valence-corrected chi connectivity index (χ2v) is 6.87. The van der Waals surface area contributed by atoms with Gasteiger partial charge in [0.1, 0.15) is 0 Å². The second kappa shape index (κ2) is 7.55.